The molecule has 1 heterocycles. The zero-order valence-corrected chi connectivity index (χ0v) is 28.6. The first kappa shape index (κ1) is 34.4. The van der Waals surface area contributed by atoms with Gasteiger partial charge in [0.25, 0.3) is 8.32 Å². The second-order valence-corrected chi connectivity index (χ2v) is 17.8. The van der Waals surface area contributed by atoms with Crippen LogP contribution in [-0.4, -0.2) is 69.2 Å². The van der Waals surface area contributed by atoms with E-state index in [1.165, 1.54) is 0 Å². The van der Waals surface area contributed by atoms with Crippen molar-refractivity contribution < 1.29 is 33.6 Å². The van der Waals surface area contributed by atoms with E-state index in [2.05, 4.69) is 69.3 Å². The number of ether oxygens (including phenoxy) is 4. The molecule has 1 aliphatic heterocycles. The van der Waals surface area contributed by atoms with Crippen molar-refractivity contribution in [3.63, 3.8) is 0 Å². The van der Waals surface area contributed by atoms with Crippen molar-refractivity contribution in [2.75, 3.05) is 26.6 Å². The molecule has 1 saturated heterocycles. The van der Waals surface area contributed by atoms with Crippen molar-refractivity contribution in [2.45, 2.75) is 70.4 Å². The van der Waals surface area contributed by atoms with Gasteiger partial charge in [0.2, 0.25) is 0 Å². The van der Waals surface area contributed by atoms with Crippen LogP contribution >= 0.6 is 0 Å². The van der Waals surface area contributed by atoms with E-state index in [9.17, 15) is 10.2 Å². The molecular weight excluding hydrogens is 596 g/mol. The molecule has 7 nitrogen and oxygen atoms in total. The van der Waals surface area contributed by atoms with E-state index in [4.69, 9.17) is 23.4 Å². The Morgan fingerprint density at radius 1 is 0.891 bits per heavy atom. The monoisotopic (exact) mass is 644 g/mol. The predicted octanol–water partition coefficient (Wildman–Crippen LogP) is 5.11. The average Bonchev–Trinajstić information content (AvgIpc) is 3.41. The van der Waals surface area contributed by atoms with Gasteiger partial charge in [-0.2, -0.15) is 0 Å². The van der Waals surface area contributed by atoms with E-state index >= 15 is 0 Å². The molecule has 46 heavy (non-hydrogen) atoms. The van der Waals surface area contributed by atoms with Gasteiger partial charge in [-0.05, 0) is 52.0 Å². The highest BCUT2D eigenvalue weighted by Crippen LogP contribution is 2.41. The summed E-state index contributed by atoms with van der Waals surface area (Å²) in [7, 11) is -2.89. The first-order chi connectivity index (χ1) is 22.1. The predicted molar refractivity (Wildman–Crippen MR) is 182 cm³/mol. The molecule has 2 N–H and O–H groups in total. The Morgan fingerprint density at radius 3 is 2.00 bits per heavy atom. The van der Waals surface area contributed by atoms with Crippen molar-refractivity contribution in [2.24, 2.45) is 5.92 Å². The minimum absolute atomic E-state index is 0.0258. The van der Waals surface area contributed by atoms with Gasteiger partial charge in [-0.3, -0.25) is 0 Å². The van der Waals surface area contributed by atoms with Crippen LogP contribution in [0.4, 0.5) is 0 Å². The maximum Gasteiger partial charge on any atom is 0.261 e. The Labute approximate surface area is 274 Å². The third kappa shape index (κ3) is 7.62. The summed E-state index contributed by atoms with van der Waals surface area (Å²) < 4.78 is 31.7. The lowest BCUT2D eigenvalue weighted by molar-refractivity contribution is -0.148. The fourth-order valence-electron chi connectivity index (χ4n) is 6.75. The molecule has 0 bridgehead atoms. The van der Waals surface area contributed by atoms with Crippen LogP contribution in [0.2, 0.25) is 5.04 Å². The molecule has 0 saturated carbocycles. The van der Waals surface area contributed by atoms with E-state index in [0.717, 1.165) is 21.5 Å². The first-order valence-electron chi connectivity index (χ1n) is 16.1. The van der Waals surface area contributed by atoms with Crippen LogP contribution in [0.25, 0.3) is 0 Å². The van der Waals surface area contributed by atoms with Gasteiger partial charge in [-0.1, -0.05) is 118 Å². The quantitative estimate of drug-likeness (QED) is 0.123. The standard InChI is InChI=1S/C38H48O7Si/c1-37(2,3)46(30-17-11-7-12-18-30,31-19-13-8-14-20-31)44-25-29-23-33(42-27-41-24-28-15-9-6-10-16-28)32(21-22-39)35(36(29)40)34-26-43-38(4,5)45-34/h6-21,23,33-36,39-40H,22,24-27H2,1-5H3. The van der Waals surface area contributed by atoms with Crippen LogP contribution in [-0.2, 0) is 30.0 Å². The Bertz CT molecular complexity index is 1410. The Hall–Kier alpha value is -2.92. The molecule has 2 aliphatic rings. The van der Waals surface area contributed by atoms with Gasteiger partial charge in [0.05, 0.1) is 38.6 Å². The second-order valence-electron chi connectivity index (χ2n) is 13.5. The van der Waals surface area contributed by atoms with E-state index in [0.29, 0.717) is 18.8 Å². The van der Waals surface area contributed by atoms with Crippen LogP contribution in [0.3, 0.4) is 0 Å². The summed E-state index contributed by atoms with van der Waals surface area (Å²) >= 11 is 0. The Morgan fingerprint density at radius 2 is 1.48 bits per heavy atom. The van der Waals surface area contributed by atoms with E-state index in [1.54, 1.807) is 6.08 Å². The molecule has 1 fully saturated rings. The minimum atomic E-state index is -2.89. The van der Waals surface area contributed by atoms with Gasteiger partial charge in [-0.25, -0.2) is 0 Å². The van der Waals surface area contributed by atoms with Gasteiger partial charge < -0.3 is 33.6 Å². The second kappa shape index (κ2) is 14.9. The molecule has 0 amide bonds. The zero-order chi connectivity index (χ0) is 32.8. The number of hydrogen-bond acceptors (Lipinski definition) is 7. The summed E-state index contributed by atoms with van der Waals surface area (Å²) in [5, 5.41) is 24.2. The largest absolute Gasteiger partial charge is 0.403 e. The summed E-state index contributed by atoms with van der Waals surface area (Å²) in [5.74, 6) is -1.31. The van der Waals surface area contributed by atoms with Gasteiger partial charge in [-0.15, -0.1) is 0 Å². The van der Waals surface area contributed by atoms with Crippen LogP contribution in [0.5, 0.6) is 0 Å². The maximum absolute atomic E-state index is 12.1. The van der Waals surface area contributed by atoms with Crippen molar-refractivity contribution in [3.8, 4) is 0 Å². The van der Waals surface area contributed by atoms with Gasteiger partial charge >= 0.3 is 0 Å². The fraction of sp³-hybridized carbons (Fsp3) is 0.421. The first-order valence-corrected chi connectivity index (χ1v) is 18.0. The lowest BCUT2D eigenvalue weighted by Gasteiger charge is -2.44. The van der Waals surface area contributed by atoms with Crippen LogP contribution < -0.4 is 10.4 Å². The van der Waals surface area contributed by atoms with Crippen molar-refractivity contribution in [1.29, 1.82) is 0 Å². The molecule has 5 rings (SSSR count). The van der Waals surface area contributed by atoms with E-state index in [1.807, 2.05) is 62.4 Å². The van der Waals surface area contributed by atoms with Gasteiger partial charge in [0, 0.05) is 5.92 Å². The normalized spacial score (nSPS) is 24.2. The highest BCUT2D eigenvalue weighted by Gasteiger charge is 2.51. The van der Waals surface area contributed by atoms with Gasteiger partial charge in [0.1, 0.15) is 12.9 Å². The number of aliphatic hydroxyl groups is 2. The van der Waals surface area contributed by atoms with Crippen molar-refractivity contribution in [1.82, 2.24) is 0 Å². The smallest absolute Gasteiger partial charge is 0.261 e. The van der Waals surface area contributed by atoms with E-state index in [-0.39, 0.29) is 25.0 Å². The van der Waals surface area contributed by atoms with E-state index < -0.39 is 38.3 Å². The third-order valence-electron chi connectivity index (χ3n) is 8.87. The molecule has 0 radical (unpaired) electrons. The molecule has 3 aromatic rings. The fourth-order valence-corrected chi connectivity index (χ4v) is 11.3. The molecular formula is C38H48O7Si. The summed E-state index contributed by atoms with van der Waals surface area (Å²) in [6, 6.07) is 30.8. The van der Waals surface area contributed by atoms with Crippen LogP contribution in [0, 0.1) is 5.92 Å². The van der Waals surface area contributed by atoms with Crippen LogP contribution in [0.1, 0.15) is 40.2 Å². The molecule has 4 atom stereocenters. The maximum atomic E-state index is 12.1. The molecule has 4 unspecified atom stereocenters. The third-order valence-corrected chi connectivity index (χ3v) is 13.9. The highest BCUT2D eigenvalue weighted by molar-refractivity contribution is 6.99. The molecule has 0 spiro atoms. The van der Waals surface area contributed by atoms with Crippen molar-refractivity contribution >= 4 is 18.7 Å². The number of hydrogen-bond donors (Lipinski definition) is 2. The molecule has 0 aromatic heterocycles. The lowest BCUT2D eigenvalue weighted by atomic mass is 9.77. The minimum Gasteiger partial charge on any atom is -0.403 e. The highest BCUT2D eigenvalue weighted by atomic mass is 28.4. The van der Waals surface area contributed by atoms with Crippen molar-refractivity contribution in [3.05, 3.63) is 120 Å². The molecule has 8 heteroatoms. The Kier molecular flexibility index (Phi) is 11.1. The Balaban J connectivity index is 1.49. The summed E-state index contributed by atoms with van der Waals surface area (Å²) in [6.07, 6.45) is 1.68. The number of benzene rings is 3. The average molecular weight is 645 g/mol. The number of rotatable bonds is 12. The molecule has 246 valence electrons. The zero-order valence-electron chi connectivity index (χ0n) is 27.6. The summed E-state index contributed by atoms with van der Waals surface area (Å²) in [6.45, 7) is 11.2. The van der Waals surface area contributed by atoms with Crippen LogP contribution in [0.15, 0.2) is 114 Å². The summed E-state index contributed by atoms with van der Waals surface area (Å²) in [4.78, 5) is 0. The topological polar surface area (TPSA) is 86.6 Å². The molecule has 1 aliphatic carbocycles. The SMILES string of the molecule is CC1(C)OCC(C2C(=CCO)C(OCOCc3ccccc3)C=C(CO[Si](c3ccccc3)(c3ccccc3)C(C)(C)C)C2O)O1. The summed E-state index contributed by atoms with van der Waals surface area (Å²) in [5.41, 5.74) is 2.48. The number of aliphatic hydroxyl groups excluding tert-OH is 2. The van der Waals surface area contributed by atoms with Gasteiger partial charge in [0.15, 0.2) is 5.79 Å². The molecule has 3 aromatic carbocycles. The lowest BCUT2D eigenvalue weighted by Crippen LogP contribution is -2.66.